The predicted octanol–water partition coefficient (Wildman–Crippen LogP) is 2.75. The van der Waals surface area contributed by atoms with E-state index in [0.717, 1.165) is 18.1 Å². The molecule has 0 amide bonds. The minimum Gasteiger partial charge on any atom is -0.313 e. The molecule has 1 N–H and O–H groups in total. The van der Waals surface area contributed by atoms with Crippen molar-refractivity contribution in [1.82, 2.24) is 19.6 Å². The van der Waals surface area contributed by atoms with Crippen LogP contribution in [-0.4, -0.2) is 39.5 Å². The van der Waals surface area contributed by atoms with E-state index in [1.54, 1.807) is 11.3 Å². The number of thiazole rings is 1. The average Bonchev–Trinajstić information content (AvgIpc) is 3.00. The second-order valence-electron chi connectivity index (χ2n) is 6.00. The highest BCUT2D eigenvalue weighted by molar-refractivity contribution is 7.15. The minimum atomic E-state index is 0.554. The molecule has 2 aromatic heterocycles. The molecule has 1 aliphatic heterocycles. The summed E-state index contributed by atoms with van der Waals surface area (Å²) in [6.45, 7) is 7.81. The topological polar surface area (TPSA) is 32.6 Å². The molecule has 3 rings (SSSR count). The lowest BCUT2D eigenvalue weighted by atomic mass is 10.0. The van der Waals surface area contributed by atoms with E-state index in [-0.39, 0.29) is 0 Å². The normalized spacial score (nSPS) is 20.3. The zero-order valence-electron chi connectivity index (χ0n) is 12.4. The van der Waals surface area contributed by atoms with E-state index >= 15 is 0 Å². The summed E-state index contributed by atoms with van der Waals surface area (Å²) in [4.78, 5) is 8.34. The number of aromatic nitrogens is 2. The van der Waals surface area contributed by atoms with Gasteiger partial charge in [-0.3, -0.25) is 9.30 Å². The zero-order valence-corrected chi connectivity index (χ0v) is 13.2. The molecule has 0 aromatic carbocycles. The van der Waals surface area contributed by atoms with Crippen molar-refractivity contribution in [2.75, 3.05) is 13.1 Å². The highest BCUT2D eigenvalue weighted by atomic mass is 32.1. The summed E-state index contributed by atoms with van der Waals surface area (Å²) in [5.74, 6) is 0. The fraction of sp³-hybridized carbons (Fsp3) is 0.667. The van der Waals surface area contributed by atoms with Gasteiger partial charge in [-0.25, -0.2) is 4.98 Å². The van der Waals surface area contributed by atoms with Crippen LogP contribution in [0.25, 0.3) is 4.96 Å². The van der Waals surface area contributed by atoms with Gasteiger partial charge in [0.05, 0.1) is 5.69 Å². The molecule has 1 saturated heterocycles. The fourth-order valence-electron chi connectivity index (χ4n) is 2.88. The lowest BCUT2D eigenvalue weighted by molar-refractivity contribution is 0.175. The summed E-state index contributed by atoms with van der Waals surface area (Å²) < 4.78 is 2.12. The summed E-state index contributed by atoms with van der Waals surface area (Å²) in [5.41, 5.74) is 1.18. The van der Waals surface area contributed by atoms with Gasteiger partial charge in [-0.05, 0) is 33.2 Å². The van der Waals surface area contributed by atoms with E-state index in [1.165, 1.54) is 31.5 Å². The second-order valence-corrected chi connectivity index (χ2v) is 6.87. The molecule has 0 aliphatic carbocycles. The molecule has 1 fully saturated rings. The minimum absolute atomic E-state index is 0.554. The first kappa shape index (κ1) is 14.0. The van der Waals surface area contributed by atoms with E-state index in [9.17, 15) is 0 Å². The number of hydrogen-bond acceptors (Lipinski definition) is 4. The van der Waals surface area contributed by atoms with E-state index in [0.29, 0.717) is 12.1 Å². The summed E-state index contributed by atoms with van der Waals surface area (Å²) in [5, 5.41) is 5.73. The Labute approximate surface area is 124 Å². The molecule has 0 bridgehead atoms. The maximum Gasteiger partial charge on any atom is 0.193 e. The van der Waals surface area contributed by atoms with Crippen LogP contribution in [0.3, 0.4) is 0 Å². The predicted molar refractivity (Wildman–Crippen MR) is 84.3 cm³/mol. The first-order valence-electron chi connectivity index (χ1n) is 7.61. The van der Waals surface area contributed by atoms with Gasteiger partial charge in [0.2, 0.25) is 0 Å². The number of nitrogens with zero attached hydrogens (tertiary/aromatic N) is 3. The molecule has 5 heteroatoms. The summed E-state index contributed by atoms with van der Waals surface area (Å²) in [7, 11) is 0. The van der Waals surface area contributed by atoms with E-state index in [2.05, 4.69) is 46.2 Å². The van der Waals surface area contributed by atoms with Crippen LogP contribution >= 0.6 is 11.3 Å². The van der Waals surface area contributed by atoms with Gasteiger partial charge in [0.15, 0.2) is 4.96 Å². The maximum absolute atomic E-state index is 4.71. The smallest absolute Gasteiger partial charge is 0.193 e. The largest absolute Gasteiger partial charge is 0.313 e. The maximum atomic E-state index is 4.71. The lowest BCUT2D eigenvalue weighted by Gasteiger charge is -2.32. The molecule has 0 saturated carbocycles. The molecule has 3 heterocycles. The molecule has 4 nitrogen and oxygen atoms in total. The van der Waals surface area contributed by atoms with Crippen molar-refractivity contribution in [3.05, 3.63) is 23.5 Å². The summed E-state index contributed by atoms with van der Waals surface area (Å²) in [6.07, 6.45) is 8.25. The number of fused-ring (bicyclic) bond motifs is 1. The Hall–Kier alpha value is -0.910. The van der Waals surface area contributed by atoms with Crippen LogP contribution in [0.1, 0.15) is 38.8 Å². The molecule has 0 radical (unpaired) electrons. The Balaban J connectivity index is 1.65. The molecule has 0 spiro atoms. The monoisotopic (exact) mass is 292 g/mol. The van der Waals surface area contributed by atoms with Crippen LogP contribution in [0, 0.1) is 0 Å². The van der Waals surface area contributed by atoms with Crippen molar-refractivity contribution < 1.29 is 0 Å². The van der Waals surface area contributed by atoms with Crippen molar-refractivity contribution in [2.24, 2.45) is 0 Å². The van der Waals surface area contributed by atoms with Crippen molar-refractivity contribution in [2.45, 2.75) is 51.7 Å². The highest BCUT2D eigenvalue weighted by Crippen LogP contribution is 2.16. The molecule has 2 aromatic rings. The van der Waals surface area contributed by atoms with Gasteiger partial charge in [0.1, 0.15) is 0 Å². The van der Waals surface area contributed by atoms with Gasteiger partial charge in [0, 0.05) is 42.9 Å². The lowest BCUT2D eigenvalue weighted by Crippen LogP contribution is -2.45. The Bertz CT molecular complexity index is 510. The van der Waals surface area contributed by atoms with Crippen LogP contribution in [0.2, 0.25) is 0 Å². The van der Waals surface area contributed by atoms with Gasteiger partial charge in [-0.1, -0.05) is 6.42 Å². The van der Waals surface area contributed by atoms with Crippen LogP contribution in [0.4, 0.5) is 0 Å². The van der Waals surface area contributed by atoms with E-state index in [4.69, 9.17) is 4.98 Å². The van der Waals surface area contributed by atoms with E-state index < -0.39 is 0 Å². The van der Waals surface area contributed by atoms with Gasteiger partial charge < -0.3 is 5.32 Å². The zero-order chi connectivity index (χ0) is 13.9. The molecule has 20 heavy (non-hydrogen) atoms. The van der Waals surface area contributed by atoms with Crippen LogP contribution < -0.4 is 5.32 Å². The van der Waals surface area contributed by atoms with Gasteiger partial charge in [-0.2, -0.15) is 0 Å². The van der Waals surface area contributed by atoms with E-state index in [1.807, 2.05) is 0 Å². The Morgan fingerprint density at radius 3 is 3.10 bits per heavy atom. The number of rotatable bonds is 5. The standard InChI is InChI=1S/C15H24N4S/c1-12(2)19(9-13-5-3-4-6-16-13)11-14-10-18-7-8-20-15(18)17-14/h7-8,10,12-13,16H,3-6,9,11H2,1-2H3. The third-order valence-corrected chi connectivity index (χ3v) is 4.88. The SMILES string of the molecule is CC(C)N(Cc1cn2ccsc2n1)CC1CCCCN1. The van der Waals surface area contributed by atoms with Crippen molar-refractivity contribution >= 4 is 16.3 Å². The van der Waals surface area contributed by atoms with Gasteiger partial charge >= 0.3 is 0 Å². The molecule has 1 aliphatic rings. The van der Waals surface area contributed by atoms with Crippen LogP contribution in [-0.2, 0) is 6.54 Å². The Morgan fingerprint density at radius 1 is 1.50 bits per heavy atom. The Kier molecular flexibility index (Phi) is 4.38. The molecular weight excluding hydrogens is 268 g/mol. The number of imidazole rings is 1. The first-order chi connectivity index (χ1) is 9.72. The van der Waals surface area contributed by atoms with Crippen LogP contribution in [0.15, 0.2) is 17.8 Å². The quantitative estimate of drug-likeness (QED) is 0.920. The van der Waals surface area contributed by atoms with Crippen molar-refractivity contribution in [3.63, 3.8) is 0 Å². The average molecular weight is 292 g/mol. The first-order valence-corrected chi connectivity index (χ1v) is 8.49. The fourth-order valence-corrected chi connectivity index (χ4v) is 3.60. The van der Waals surface area contributed by atoms with Gasteiger partial charge in [-0.15, -0.1) is 11.3 Å². The third-order valence-electron chi connectivity index (χ3n) is 4.11. The number of nitrogens with one attached hydrogen (secondary N) is 1. The van der Waals surface area contributed by atoms with Gasteiger partial charge in [0.25, 0.3) is 0 Å². The highest BCUT2D eigenvalue weighted by Gasteiger charge is 2.19. The Morgan fingerprint density at radius 2 is 2.40 bits per heavy atom. The third kappa shape index (κ3) is 3.22. The summed E-state index contributed by atoms with van der Waals surface area (Å²) in [6, 6.07) is 1.20. The molecule has 1 unspecified atom stereocenters. The van der Waals surface area contributed by atoms with Crippen molar-refractivity contribution in [1.29, 1.82) is 0 Å². The number of piperidine rings is 1. The number of hydrogen-bond donors (Lipinski definition) is 1. The molecule has 110 valence electrons. The van der Waals surface area contributed by atoms with Crippen LogP contribution in [0.5, 0.6) is 0 Å². The second kappa shape index (κ2) is 6.24. The molecule has 1 atom stereocenters. The summed E-state index contributed by atoms with van der Waals surface area (Å²) >= 11 is 1.70. The van der Waals surface area contributed by atoms with Crippen molar-refractivity contribution in [3.8, 4) is 0 Å². The molecular formula is C15H24N4S.